The first-order valence-corrected chi connectivity index (χ1v) is 53.1. The summed E-state index contributed by atoms with van der Waals surface area (Å²) in [5.41, 5.74) is -0.530. The maximum Gasteiger partial charge on any atom is 0.330 e. The van der Waals surface area contributed by atoms with Gasteiger partial charge in [0.15, 0.2) is 28.9 Å². The lowest BCUT2D eigenvalue weighted by molar-refractivity contribution is -0.154. The van der Waals surface area contributed by atoms with E-state index in [1.54, 1.807) is 13.8 Å². The van der Waals surface area contributed by atoms with Gasteiger partial charge < -0.3 is 62.2 Å². The maximum atomic E-state index is 14.9. The average molecular weight is 1860 g/mol. The topological polar surface area (TPSA) is 320 Å². The highest BCUT2D eigenvalue weighted by molar-refractivity contribution is 8.07. The van der Waals surface area contributed by atoms with Gasteiger partial charge in [0.2, 0.25) is 30.1 Å². The number of aryl methyl sites for hydroxylation is 1. The van der Waals surface area contributed by atoms with E-state index in [4.69, 9.17) is 69.8 Å². The Hall–Kier alpha value is -6.90. The number of nitrogens with zero attached hydrogens (tertiary/aromatic N) is 5. The van der Waals surface area contributed by atoms with Crippen LogP contribution in [0.1, 0.15) is 397 Å². The highest BCUT2D eigenvalue weighted by atomic mass is 32.5. The highest BCUT2D eigenvalue weighted by Gasteiger charge is 2.51. The highest BCUT2D eigenvalue weighted by Crippen LogP contribution is 2.55. The lowest BCUT2D eigenvalue weighted by Crippen LogP contribution is -2.39. The van der Waals surface area contributed by atoms with E-state index in [1.807, 2.05) is 42.5 Å². The molecule has 5 heterocycles. The summed E-state index contributed by atoms with van der Waals surface area (Å²) in [5, 5.41) is 17.0. The van der Waals surface area contributed by atoms with Crippen molar-refractivity contribution in [2.45, 2.75) is 418 Å². The molecule has 29 heteroatoms. The molecule has 5 N–H and O–H groups in total. The molecule has 0 radical (unpaired) electrons. The molecule has 0 aliphatic carbocycles. The molecule has 732 valence electrons. The van der Waals surface area contributed by atoms with E-state index in [0.717, 1.165) is 63.4 Å². The predicted octanol–water partition coefficient (Wildman–Crippen LogP) is 22.9. The number of hydrogen-bond donors (Lipinski definition) is 5. The number of rotatable bonds is 78. The van der Waals surface area contributed by atoms with Crippen LogP contribution in [0, 0.1) is 19.4 Å². The minimum absolute atomic E-state index is 0.0104. The number of carbonyl (C=O) groups is 3. The summed E-state index contributed by atoms with van der Waals surface area (Å²) >= 11 is 6.16. The van der Waals surface area contributed by atoms with Crippen molar-refractivity contribution in [1.82, 2.24) is 34.4 Å². The number of esters is 1. The number of ether oxygens (including phenoxy) is 8. The molecule has 3 aromatic heterocycles. The van der Waals surface area contributed by atoms with Crippen molar-refractivity contribution >= 4 is 53.4 Å². The number of aromatic nitrogens is 6. The van der Waals surface area contributed by atoms with Gasteiger partial charge in [-0.2, -0.15) is 4.98 Å². The molecule has 0 saturated carbocycles. The van der Waals surface area contributed by atoms with Gasteiger partial charge in [-0.15, -0.1) is 0 Å². The fourth-order valence-electron chi connectivity index (χ4n) is 17.0. The van der Waals surface area contributed by atoms with Crippen molar-refractivity contribution in [1.29, 1.82) is 0 Å². The number of H-pyrrole nitrogens is 2. The Bertz CT molecular complexity index is 4200. The van der Waals surface area contributed by atoms with Crippen LogP contribution in [-0.4, -0.2) is 149 Å². The van der Waals surface area contributed by atoms with Crippen LogP contribution < -0.4 is 41.7 Å². The second-order valence-electron chi connectivity index (χ2n) is 36.0. The first kappa shape index (κ1) is 110. The number of imidazole rings is 1. The Labute approximate surface area is 781 Å². The number of benzene rings is 2. The van der Waals surface area contributed by atoms with Gasteiger partial charge in [0.05, 0.1) is 65.0 Å². The molecule has 4 unspecified atom stereocenters. The van der Waals surface area contributed by atoms with Gasteiger partial charge >= 0.3 is 18.4 Å². The van der Waals surface area contributed by atoms with Crippen LogP contribution in [0.5, 0.6) is 17.2 Å². The van der Waals surface area contributed by atoms with E-state index >= 15 is 0 Å². The largest absolute Gasteiger partial charge is 0.490 e. The molecule has 7 rings (SSSR count). The quantitative estimate of drug-likeness (QED) is 0.0104. The van der Waals surface area contributed by atoms with E-state index in [-0.39, 0.29) is 61.9 Å². The minimum Gasteiger partial charge on any atom is -0.490 e. The number of carbonyl (C=O) groups excluding carboxylic acids is 3. The fraction of sp³-hybridized carbons (Fsp3) is 0.752. The molecule has 9 atom stereocenters. The van der Waals surface area contributed by atoms with E-state index < -0.39 is 116 Å². The van der Waals surface area contributed by atoms with Crippen molar-refractivity contribution in [3.8, 4) is 17.2 Å². The summed E-state index contributed by atoms with van der Waals surface area (Å²) < 4.78 is 73.8. The number of amides is 2. The van der Waals surface area contributed by atoms with E-state index in [2.05, 4.69) is 56.2 Å². The van der Waals surface area contributed by atoms with Gasteiger partial charge in [-0.1, -0.05) is 354 Å². The zero-order valence-electron chi connectivity index (χ0n) is 80.3. The molecule has 130 heavy (non-hydrogen) atoms. The zero-order valence-corrected chi connectivity index (χ0v) is 82.0. The summed E-state index contributed by atoms with van der Waals surface area (Å²) in [6, 6.07) is 12.9. The third kappa shape index (κ3) is 41.5. The second kappa shape index (κ2) is 66.5. The van der Waals surface area contributed by atoms with Gasteiger partial charge in [-0.3, -0.25) is 52.9 Å². The zero-order chi connectivity index (χ0) is 93.0. The van der Waals surface area contributed by atoms with Gasteiger partial charge in [0.25, 0.3) is 11.1 Å². The van der Waals surface area contributed by atoms with E-state index in [1.165, 1.54) is 286 Å². The molecular weight excluding hydrogens is 1690 g/mol. The van der Waals surface area contributed by atoms with Crippen molar-refractivity contribution < 1.29 is 71.0 Å². The number of hydrogen-bond acceptors (Lipinski definition) is 21. The van der Waals surface area contributed by atoms with Crippen LogP contribution in [0.4, 0.5) is 5.95 Å². The van der Waals surface area contributed by atoms with Crippen LogP contribution in [0.3, 0.4) is 0 Å². The van der Waals surface area contributed by atoms with Crippen LogP contribution in [-0.2, 0) is 63.4 Å². The Balaban J connectivity index is 1.09. The number of aliphatic hydroxyl groups excluding tert-OH is 1. The smallest absolute Gasteiger partial charge is 0.330 e. The van der Waals surface area contributed by atoms with Gasteiger partial charge in [0, 0.05) is 43.2 Å². The molecule has 0 spiro atoms. The van der Waals surface area contributed by atoms with E-state index in [9.17, 15) is 33.9 Å². The number of anilines is 1. The Morgan fingerprint density at radius 3 is 1.58 bits per heavy atom. The molecule has 5 aromatic rings. The molecule has 2 aliphatic rings. The summed E-state index contributed by atoms with van der Waals surface area (Å²) in [7, 11) is 1.48. The number of aliphatic hydroxyl groups is 1. The number of aromatic amines is 2. The summed E-state index contributed by atoms with van der Waals surface area (Å²) in [6.07, 6.45) is 53.7. The Morgan fingerprint density at radius 2 is 1.08 bits per heavy atom. The number of methoxy groups -OCH3 is 1. The van der Waals surface area contributed by atoms with Gasteiger partial charge in [-0.05, 0) is 55.7 Å². The Morgan fingerprint density at radius 1 is 0.585 bits per heavy atom. The van der Waals surface area contributed by atoms with Crippen molar-refractivity contribution in [2.75, 3.05) is 71.8 Å². The van der Waals surface area contributed by atoms with Crippen molar-refractivity contribution in [3.63, 3.8) is 0 Å². The lowest BCUT2D eigenvalue weighted by atomic mass is 9.96. The first-order chi connectivity index (χ1) is 63.5. The number of nitrogens with one attached hydrogen (secondary N) is 4. The minimum atomic E-state index is -4.18. The van der Waals surface area contributed by atoms with Crippen molar-refractivity contribution in [2.24, 2.45) is 5.92 Å². The molecule has 2 amide bonds. The van der Waals surface area contributed by atoms with Crippen LogP contribution in [0.2, 0.25) is 0 Å². The van der Waals surface area contributed by atoms with Crippen molar-refractivity contribution in [3.05, 3.63) is 114 Å². The summed E-state index contributed by atoms with van der Waals surface area (Å²) in [5.74, 6) is -0.643. The molecule has 2 fully saturated rings. The fourth-order valence-corrected chi connectivity index (χ4v) is 19.1. The summed E-state index contributed by atoms with van der Waals surface area (Å²) in [6.45, 7) is 14.9. The molecule has 2 saturated heterocycles. The number of fused-ring (bicyclic) bond motifs is 1. The normalized spacial score (nSPS) is 17.5. The Kier molecular flexibility index (Phi) is 56.3. The molecule has 27 nitrogen and oxygen atoms in total. The summed E-state index contributed by atoms with van der Waals surface area (Å²) in [4.78, 5) is 99.2. The standard InChI is InChI=1S/C101H164N9O18PS/c1-9-12-15-18-21-24-27-30-33-36-39-42-45-48-51-57-67-119-82-63-62-81(91(120-68-58-52-49-46-43-40-37-34-31-28-25-22-19-16-13-10-2)92(82)121-69-59-53-50-47-44-41-38-35-32-29-26-23-20-17-14-11-3)89(80-60-55-54-56-61-80)104-86(112)64-65-88(113)126-83-73-87(109-74-79(6)97(115)108-101(109)117)125-85(83)76-124-129(130,123-70-66-102-7)128-93-84(75-111)127-99(94(93)122-72-71-118-8)110-77-103-90-95(110)105-100(107-98(90)116)106-96(114)78(4)5/h54-56,60-63,74,77-78,83-85,87,89,93-94,99,111H,9-53,57-59,64-73,75-76H2,1-6,8H3,(H,104,112)(H,108,115,117)(H2,105,106,107,114,116)/t83?,84-,85-,87-,89?,93?,94+,99-,129?/m1/s1. The third-order valence-corrected chi connectivity index (χ3v) is 27.1. The lowest BCUT2D eigenvalue weighted by Gasteiger charge is -2.30. The third-order valence-electron chi connectivity index (χ3n) is 24.7. The molecule has 2 aliphatic heterocycles. The molecule has 0 bridgehead atoms. The van der Waals surface area contributed by atoms with E-state index in [0.29, 0.717) is 42.6 Å². The average Bonchev–Trinajstić information content (AvgIpc) is 1.56. The van der Waals surface area contributed by atoms with Crippen LogP contribution >= 0.6 is 6.72 Å². The van der Waals surface area contributed by atoms with Gasteiger partial charge in [-0.25, -0.2) is 16.4 Å². The first-order valence-electron chi connectivity index (χ1n) is 50.6. The SMILES string of the molecule is [C-]#[N+]CCOP(=S)(OC[C@H]1O[C@@H](n2cc(C)c(=O)[nH]c2=O)CC1OC(=O)CCC(=O)NC(c1ccccc1)c1ccc(OCCCCCCCCCCCCCCCCCC)c(OCCCCCCCCCCCCCCCCCC)c1OCCCCCCCCCCCCCCCCCC)OC1[C@@H](CO)O[C@@H](n2cnc3c(=O)[nH]c(NC(=O)C(C)C)nc32)[C@H]1OCCOC. The predicted molar refractivity (Wildman–Crippen MR) is 518 cm³/mol. The van der Waals surface area contributed by atoms with Gasteiger partial charge in [0.1, 0.15) is 43.4 Å². The maximum absolute atomic E-state index is 14.9. The van der Waals surface area contributed by atoms with Crippen LogP contribution in [0.25, 0.3) is 16.0 Å². The monoisotopic (exact) mass is 1850 g/mol. The van der Waals surface area contributed by atoms with Crippen LogP contribution in [0.15, 0.2) is 69.4 Å². The molecular formula is C101H164N9O18PS. The second-order valence-corrected chi connectivity index (χ2v) is 39.0. The number of unbranched alkanes of at least 4 members (excludes halogenated alkanes) is 45. The molecule has 2 aromatic carbocycles.